The fourth-order valence-electron chi connectivity index (χ4n) is 2.90. The van der Waals surface area contributed by atoms with Crippen LogP contribution in [0.15, 0.2) is 11.6 Å². The molecule has 0 heterocycles. The van der Waals surface area contributed by atoms with E-state index in [0.717, 1.165) is 19.3 Å². The number of rotatable bonds is 6. The Morgan fingerprint density at radius 3 is 2.74 bits per heavy atom. The van der Waals surface area contributed by atoms with Gasteiger partial charge in [0.1, 0.15) is 6.04 Å². The zero-order valence-corrected chi connectivity index (χ0v) is 13.0. The molecule has 0 amide bonds. The standard InChI is InChI=1S/C16H29NO2/c1-6-13(5)17-15(16(18)19-7-2)14-9-11(3)8-12(4)10-14/h8,11,13-15,17H,6-7,9-10H2,1-5H3. The molecule has 0 bridgehead atoms. The van der Waals surface area contributed by atoms with E-state index in [2.05, 4.69) is 39.1 Å². The molecule has 0 saturated carbocycles. The maximum Gasteiger partial charge on any atom is 0.323 e. The molecule has 19 heavy (non-hydrogen) atoms. The zero-order valence-electron chi connectivity index (χ0n) is 13.0. The molecule has 0 aromatic heterocycles. The fraction of sp³-hybridized carbons (Fsp3) is 0.812. The second-order valence-electron chi connectivity index (χ2n) is 5.90. The van der Waals surface area contributed by atoms with E-state index >= 15 is 0 Å². The van der Waals surface area contributed by atoms with Crippen LogP contribution in [0.5, 0.6) is 0 Å². The van der Waals surface area contributed by atoms with Crippen molar-refractivity contribution in [3.05, 3.63) is 11.6 Å². The Balaban J connectivity index is 2.78. The molecule has 4 unspecified atom stereocenters. The van der Waals surface area contributed by atoms with Gasteiger partial charge in [-0.25, -0.2) is 0 Å². The Bertz CT molecular complexity index is 325. The molecule has 1 aliphatic rings. The van der Waals surface area contributed by atoms with E-state index in [1.165, 1.54) is 5.57 Å². The van der Waals surface area contributed by atoms with Gasteiger partial charge in [0, 0.05) is 6.04 Å². The Labute approximate surface area is 117 Å². The summed E-state index contributed by atoms with van der Waals surface area (Å²) < 4.78 is 5.25. The summed E-state index contributed by atoms with van der Waals surface area (Å²) in [5, 5.41) is 3.46. The highest BCUT2D eigenvalue weighted by Crippen LogP contribution is 2.30. The summed E-state index contributed by atoms with van der Waals surface area (Å²) in [6.45, 7) is 11.0. The lowest BCUT2D eigenvalue weighted by atomic mass is 9.79. The first-order chi connectivity index (χ1) is 8.97. The van der Waals surface area contributed by atoms with Gasteiger partial charge in [0.25, 0.3) is 0 Å². The quantitative estimate of drug-likeness (QED) is 0.593. The van der Waals surface area contributed by atoms with Crippen molar-refractivity contribution < 1.29 is 9.53 Å². The molecule has 0 aromatic carbocycles. The normalized spacial score (nSPS) is 26.5. The lowest BCUT2D eigenvalue weighted by molar-refractivity contribution is -0.147. The fourth-order valence-corrected chi connectivity index (χ4v) is 2.90. The molecular weight excluding hydrogens is 238 g/mol. The van der Waals surface area contributed by atoms with E-state index < -0.39 is 0 Å². The summed E-state index contributed by atoms with van der Waals surface area (Å²) >= 11 is 0. The van der Waals surface area contributed by atoms with Crippen LogP contribution in [-0.2, 0) is 9.53 Å². The van der Waals surface area contributed by atoms with Crippen molar-refractivity contribution in [1.29, 1.82) is 0 Å². The maximum atomic E-state index is 12.2. The van der Waals surface area contributed by atoms with Gasteiger partial charge in [-0.1, -0.05) is 25.5 Å². The van der Waals surface area contributed by atoms with Crippen LogP contribution in [0, 0.1) is 11.8 Å². The number of esters is 1. The minimum atomic E-state index is -0.166. The predicted molar refractivity (Wildman–Crippen MR) is 79.0 cm³/mol. The van der Waals surface area contributed by atoms with E-state index in [1.807, 2.05) is 6.92 Å². The van der Waals surface area contributed by atoms with Crippen LogP contribution < -0.4 is 5.32 Å². The van der Waals surface area contributed by atoms with Gasteiger partial charge in [0.15, 0.2) is 0 Å². The van der Waals surface area contributed by atoms with Crippen LogP contribution in [0.1, 0.15) is 53.9 Å². The first kappa shape index (κ1) is 16.2. The summed E-state index contributed by atoms with van der Waals surface area (Å²) in [6.07, 6.45) is 5.40. The highest BCUT2D eigenvalue weighted by atomic mass is 16.5. The van der Waals surface area contributed by atoms with Crippen molar-refractivity contribution in [2.24, 2.45) is 11.8 Å². The molecule has 0 fully saturated rings. The van der Waals surface area contributed by atoms with Crippen LogP contribution in [0.4, 0.5) is 0 Å². The minimum Gasteiger partial charge on any atom is -0.465 e. The average Bonchev–Trinajstić information content (AvgIpc) is 2.34. The Morgan fingerprint density at radius 2 is 2.21 bits per heavy atom. The summed E-state index contributed by atoms with van der Waals surface area (Å²) in [7, 11) is 0. The van der Waals surface area contributed by atoms with Gasteiger partial charge in [-0.3, -0.25) is 4.79 Å². The molecule has 0 radical (unpaired) electrons. The van der Waals surface area contributed by atoms with Gasteiger partial charge in [-0.05, 0) is 51.9 Å². The second kappa shape index (κ2) is 7.68. The van der Waals surface area contributed by atoms with E-state index in [9.17, 15) is 4.79 Å². The summed E-state index contributed by atoms with van der Waals surface area (Å²) in [5.74, 6) is 0.817. The van der Waals surface area contributed by atoms with E-state index in [0.29, 0.717) is 24.5 Å². The van der Waals surface area contributed by atoms with Crippen LogP contribution >= 0.6 is 0 Å². The van der Waals surface area contributed by atoms with Gasteiger partial charge in [-0.15, -0.1) is 0 Å². The smallest absolute Gasteiger partial charge is 0.323 e. The molecule has 110 valence electrons. The van der Waals surface area contributed by atoms with E-state index in [4.69, 9.17) is 4.74 Å². The zero-order chi connectivity index (χ0) is 14.4. The molecule has 0 aliphatic heterocycles. The van der Waals surface area contributed by atoms with Crippen LogP contribution in [0.2, 0.25) is 0 Å². The van der Waals surface area contributed by atoms with E-state index in [-0.39, 0.29) is 12.0 Å². The van der Waals surface area contributed by atoms with Gasteiger partial charge in [-0.2, -0.15) is 0 Å². The Kier molecular flexibility index (Phi) is 6.56. The molecule has 4 atom stereocenters. The van der Waals surface area contributed by atoms with Crippen molar-refractivity contribution in [3.8, 4) is 0 Å². The average molecular weight is 267 g/mol. The third-order valence-electron chi connectivity index (χ3n) is 3.92. The highest BCUT2D eigenvalue weighted by Gasteiger charge is 2.32. The molecule has 0 spiro atoms. The summed E-state index contributed by atoms with van der Waals surface area (Å²) in [4.78, 5) is 12.2. The van der Waals surface area contributed by atoms with Crippen molar-refractivity contribution in [2.75, 3.05) is 6.61 Å². The van der Waals surface area contributed by atoms with Crippen molar-refractivity contribution >= 4 is 5.97 Å². The van der Waals surface area contributed by atoms with E-state index in [1.54, 1.807) is 0 Å². The van der Waals surface area contributed by atoms with Crippen LogP contribution in [0.25, 0.3) is 0 Å². The van der Waals surface area contributed by atoms with Gasteiger partial charge in [0.2, 0.25) is 0 Å². The number of allylic oxidation sites excluding steroid dienone is 2. The molecule has 0 aromatic rings. The Morgan fingerprint density at radius 1 is 1.53 bits per heavy atom. The van der Waals surface area contributed by atoms with Gasteiger partial charge < -0.3 is 10.1 Å². The SMILES string of the molecule is CCOC(=O)C(NC(C)CC)C1CC(C)=CC(C)C1. The number of hydrogen-bond donors (Lipinski definition) is 1. The number of ether oxygens (including phenoxy) is 1. The number of hydrogen-bond acceptors (Lipinski definition) is 3. The third kappa shape index (κ3) is 4.98. The summed E-state index contributed by atoms with van der Waals surface area (Å²) in [6, 6.07) is 0.178. The molecular formula is C16H29NO2. The number of carbonyl (C=O) groups excluding carboxylic acids is 1. The van der Waals surface area contributed by atoms with Crippen molar-refractivity contribution in [2.45, 2.75) is 66.0 Å². The topological polar surface area (TPSA) is 38.3 Å². The highest BCUT2D eigenvalue weighted by molar-refractivity contribution is 5.76. The molecule has 1 N–H and O–H groups in total. The molecule has 1 rings (SSSR count). The van der Waals surface area contributed by atoms with Crippen LogP contribution in [0.3, 0.4) is 0 Å². The van der Waals surface area contributed by atoms with Crippen molar-refractivity contribution in [3.63, 3.8) is 0 Å². The molecule has 0 saturated heterocycles. The van der Waals surface area contributed by atoms with Gasteiger partial charge >= 0.3 is 5.97 Å². The largest absolute Gasteiger partial charge is 0.465 e. The number of nitrogens with one attached hydrogen (secondary N) is 1. The first-order valence-electron chi connectivity index (χ1n) is 7.57. The maximum absolute atomic E-state index is 12.2. The predicted octanol–water partition coefficient (Wildman–Crippen LogP) is 3.30. The summed E-state index contributed by atoms with van der Waals surface area (Å²) in [5.41, 5.74) is 1.39. The van der Waals surface area contributed by atoms with Crippen LogP contribution in [-0.4, -0.2) is 24.7 Å². The molecule has 1 aliphatic carbocycles. The third-order valence-corrected chi connectivity index (χ3v) is 3.92. The van der Waals surface area contributed by atoms with Gasteiger partial charge in [0.05, 0.1) is 6.61 Å². The lowest BCUT2D eigenvalue weighted by Gasteiger charge is -2.33. The minimum absolute atomic E-state index is 0.0882. The monoisotopic (exact) mass is 267 g/mol. The Hall–Kier alpha value is -0.830. The first-order valence-corrected chi connectivity index (χ1v) is 7.57. The van der Waals surface area contributed by atoms with Crippen molar-refractivity contribution in [1.82, 2.24) is 5.32 Å². The lowest BCUT2D eigenvalue weighted by Crippen LogP contribution is -2.48. The number of carbonyl (C=O) groups is 1. The molecule has 3 heteroatoms. The molecule has 3 nitrogen and oxygen atoms in total. The second-order valence-corrected chi connectivity index (χ2v) is 5.90.